The number of carbonyl (C=O) groups is 1. The summed E-state index contributed by atoms with van der Waals surface area (Å²) >= 11 is 0. The number of amides is 1. The Labute approximate surface area is 221 Å². The van der Waals surface area contributed by atoms with Crippen LogP contribution in [0.3, 0.4) is 0 Å². The van der Waals surface area contributed by atoms with Crippen LogP contribution in [0.4, 0.5) is 5.82 Å². The zero-order valence-electron chi connectivity index (χ0n) is 21.6. The number of pyridine rings is 1. The number of nitrogens with two attached hydrogens (primary N) is 1. The summed E-state index contributed by atoms with van der Waals surface area (Å²) in [5.41, 5.74) is 2.79. The number of hydrazine groups is 1. The van der Waals surface area contributed by atoms with Gasteiger partial charge in [-0.2, -0.15) is 10.4 Å². The smallest absolute Gasteiger partial charge is 0.222 e. The summed E-state index contributed by atoms with van der Waals surface area (Å²) in [6, 6.07) is 5.99. The average Bonchev–Trinajstić information content (AvgIpc) is 3.55. The second-order valence-electron chi connectivity index (χ2n) is 8.86. The van der Waals surface area contributed by atoms with Gasteiger partial charge in [0.25, 0.3) is 0 Å². The van der Waals surface area contributed by atoms with E-state index in [0.717, 1.165) is 29.6 Å². The molecule has 1 amide bonds. The van der Waals surface area contributed by atoms with Crippen LogP contribution in [0, 0.1) is 17.2 Å². The van der Waals surface area contributed by atoms with Crippen molar-refractivity contribution in [2.45, 2.75) is 26.3 Å². The lowest BCUT2D eigenvalue weighted by molar-refractivity contribution is -0.127. The summed E-state index contributed by atoms with van der Waals surface area (Å²) < 4.78 is 7.09. The van der Waals surface area contributed by atoms with Gasteiger partial charge in [0.1, 0.15) is 17.9 Å². The van der Waals surface area contributed by atoms with Gasteiger partial charge in [0.05, 0.1) is 44.1 Å². The number of hydrogen-bond acceptors (Lipinski definition) is 9. The molecule has 11 nitrogen and oxygen atoms in total. The summed E-state index contributed by atoms with van der Waals surface area (Å²) in [6.07, 6.45) is 11.9. The van der Waals surface area contributed by atoms with Gasteiger partial charge in [0.2, 0.25) is 5.91 Å². The fraction of sp³-hybridized carbons (Fsp3) is 0.333. The average molecular weight is 514 g/mol. The molecule has 1 aliphatic rings. The molecule has 0 aromatic carbocycles. The molecule has 0 aliphatic carbocycles. The number of ether oxygens (including phenoxy) is 1. The first-order valence-corrected chi connectivity index (χ1v) is 12.3. The van der Waals surface area contributed by atoms with Crippen molar-refractivity contribution < 1.29 is 9.53 Å². The lowest BCUT2D eigenvalue weighted by Gasteiger charge is -2.22. The monoisotopic (exact) mass is 513 g/mol. The van der Waals surface area contributed by atoms with Crippen molar-refractivity contribution in [3.05, 3.63) is 67.0 Å². The Morgan fingerprint density at radius 2 is 2.16 bits per heavy atom. The molecule has 4 heterocycles. The lowest BCUT2D eigenvalue weighted by atomic mass is 9.98. The van der Waals surface area contributed by atoms with Crippen molar-refractivity contribution >= 4 is 22.8 Å². The fourth-order valence-electron chi connectivity index (χ4n) is 4.31. The number of nitriles is 1. The molecule has 1 atom stereocenters. The number of aromatic nitrogens is 5. The SMILES string of the molecule is C=C(OC)/C(=C\C=C/C)[C@H](C#N)CN(N)c1cc(-c2cnc3c(cnn3CCN3CCCC3=O)c2)ncn1. The van der Waals surface area contributed by atoms with Gasteiger partial charge in [-0.3, -0.25) is 9.80 Å². The minimum absolute atomic E-state index is 0.169. The molecule has 4 rings (SSSR count). The molecule has 1 saturated heterocycles. The Bertz CT molecular complexity index is 1420. The predicted molar refractivity (Wildman–Crippen MR) is 144 cm³/mol. The molecule has 0 bridgehead atoms. The number of anilines is 1. The molecule has 2 N–H and O–H groups in total. The van der Waals surface area contributed by atoms with Crippen LogP contribution in [0.1, 0.15) is 19.8 Å². The second kappa shape index (κ2) is 12.1. The first kappa shape index (κ1) is 26.5. The number of likely N-dealkylation sites (tertiary alicyclic amines) is 1. The highest BCUT2D eigenvalue weighted by Crippen LogP contribution is 2.25. The van der Waals surface area contributed by atoms with E-state index in [-0.39, 0.29) is 12.5 Å². The van der Waals surface area contributed by atoms with E-state index < -0.39 is 5.92 Å². The van der Waals surface area contributed by atoms with Crippen molar-refractivity contribution in [2.75, 3.05) is 31.8 Å². The van der Waals surface area contributed by atoms with Gasteiger partial charge in [0, 0.05) is 48.3 Å². The highest BCUT2D eigenvalue weighted by molar-refractivity contribution is 5.80. The van der Waals surface area contributed by atoms with Crippen LogP contribution in [0.15, 0.2) is 67.0 Å². The zero-order valence-corrected chi connectivity index (χ0v) is 21.6. The van der Waals surface area contributed by atoms with Gasteiger partial charge in [-0.15, -0.1) is 0 Å². The van der Waals surface area contributed by atoms with Crippen LogP contribution in [-0.2, 0) is 16.1 Å². The van der Waals surface area contributed by atoms with Crippen molar-refractivity contribution in [3.63, 3.8) is 0 Å². The molecule has 0 unspecified atom stereocenters. The first-order valence-electron chi connectivity index (χ1n) is 12.3. The summed E-state index contributed by atoms with van der Waals surface area (Å²) in [6.45, 7) is 7.96. The summed E-state index contributed by atoms with van der Waals surface area (Å²) in [4.78, 5) is 27.1. The Hall–Kier alpha value is -4.56. The van der Waals surface area contributed by atoms with Crippen LogP contribution in [0.2, 0.25) is 0 Å². The number of carbonyl (C=O) groups excluding carboxylic acids is 1. The highest BCUT2D eigenvalue weighted by atomic mass is 16.5. The van der Waals surface area contributed by atoms with Crippen molar-refractivity contribution in [3.8, 4) is 17.3 Å². The molecular weight excluding hydrogens is 482 g/mol. The maximum absolute atomic E-state index is 11.9. The maximum atomic E-state index is 11.9. The van der Waals surface area contributed by atoms with Crippen molar-refractivity contribution in [1.29, 1.82) is 5.26 Å². The Morgan fingerprint density at radius 3 is 2.87 bits per heavy atom. The van der Waals surface area contributed by atoms with Crippen LogP contribution in [-0.4, -0.2) is 62.3 Å². The van der Waals surface area contributed by atoms with Crippen molar-refractivity contribution in [2.24, 2.45) is 11.8 Å². The molecule has 196 valence electrons. The third kappa shape index (κ3) is 5.87. The standard InChI is InChI=1S/C27H31N9O2/c1-4-5-7-23(19(2)38-3)22(14-28)17-35(29)25-13-24(31-18-32-25)20-12-21-16-33-36(27(21)30-15-20)11-10-34-9-6-8-26(34)37/h4-5,7,12-13,15-16,18,22H,2,6,8-11,17,29H2,1,3H3/b5-4-,23-7+/t22-/m1/s1. The fourth-order valence-corrected chi connectivity index (χ4v) is 4.31. The van der Waals surface area contributed by atoms with E-state index >= 15 is 0 Å². The molecule has 0 spiro atoms. The maximum Gasteiger partial charge on any atom is 0.222 e. The second-order valence-corrected chi connectivity index (χ2v) is 8.86. The molecule has 11 heteroatoms. The highest BCUT2D eigenvalue weighted by Gasteiger charge is 2.22. The van der Waals surface area contributed by atoms with E-state index in [9.17, 15) is 10.1 Å². The Kier molecular flexibility index (Phi) is 8.45. The van der Waals surface area contributed by atoms with Crippen LogP contribution in [0.25, 0.3) is 22.3 Å². The number of fused-ring (bicyclic) bond motifs is 1. The third-order valence-corrected chi connectivity index (χ3v) is 6.42. The number of rotatable bonds is 11. The molecule has 1 aliphatic heterocycles. The van der Waals surface area contributed by atoms with E-state index in [2.05, 4.69) is 32.7 Å². The first-order chi connectivity index (χ1) is 18.4. The topological polar surface area (TPSA) is 139 Å². The Balaban J connectivity index is 1.51. The van der Waals surface area contributed by atoms with E-state index in [1.54, 1.807) is 24.5 Å². The molecular formula is C27H31N9O2. The number of nitrogens with zero attached hydrogens (tertiary/aromatic N) is 8. The van der Waals surface area contributed by atoms with E-state index in [4.69, 9.17) is 10.6 Å². The van der Waals surface area contributed by atoms with Gasteiger partial charge in [-0.05, 0) is 19.4 Å². The van der Waals surface area contributed by atoms with Crippen molar-refractivity contribution in [1.82, 2.24) is 29.6 Å². The summed E-state index contributed by atoms with van der Waals surface area (Å²) in [7, 11) is 1.51. The van der Waals surface area contributed by atoms with Crippen LogP contribution in [0.5, 0.6) is 0 Å². The molecule has 38 heavy (non-hydrogen) atoms. The minimum atomic E-state index is -0.596. The van der Waals surface area contributed by atoms with Gasteiger partial charge in [-0.1, -0.05) is 24.8 Å². The zero-order chi connectivity index (χ0) is 27.1. The Morgan fingerprint density at radius 1 is 1.32 bits per heavy atom. The van der Waals surface area contributed by atoms with E-state index in [0.29, 0.717) is 42.4 Å². The van der Waals surface area contributed by atoms with Gasteiger partial charge < -0.3 is 9.64 Å². The third-order valence-electron chi connectivity index (χ3n) is 6.42. The number of allylic oxidation sites excluding steroid dienone is 4. The minimum Gasteiger partial charge on any atom is -0.497 e. The number of methoxy groups -OCH3 is 1. The molecule has 1 fully saturated rings. The van der Waals surface area contributed by atoms with Gasteiger partial charge in [0.15, 0.2) is 5.65 Å². The molecule has 3 aromatic heterocycles. The molecule has 0 saturated carbocycles. The van der Waals surface area contributed by atoms with E-state index in [1.165, 1.54) is 18.4 Å². The van der Waals surface area contributed by atoms with Gasteiger partial charge in [-0.25, -0.2) is 25.5 Å². The molecule has 3 aromatic rings. The van der Waals surface area contributed by atoms with E-state index in [1.807, 2.05) is 34.7 Å². The molecule has 0 radical (unpaired) electrons. The van der Waals surface area contributed by atoms with Crippen LogP contribution >= 0.6 is 0 Å². The normalized spacial score (nSPS) is 14.7. The predicted octanol–water partition coefficient (Wildman–Crippen LogP) is 2.99. The summed E-state index contributed by atoms with van der Waals surface area (Å²) in [5, 5.41) is 16.6. The van der Waals surface area contributed by atoms with Gasteiger partial charge >= 0.3 is 0 Å². The summed E-state index contributed by atoms with van der Waals surface area (Å²) in [5.74, 6) is 6.79. The lowest BCUT2D eigenvalue weighted by Crippen LogP contribution is -2.37. The number of hydrogen-bond donors (Lipinski definition) is 1. The van der Waals surface area contributed by atoms with Crippen LogP contribution < -0.4 is 10.9 Å². The quantitative estimate of drug-likeness (QED) is 0.177. The largest absolute Gasteiger partial charge is 0.497 e.